The molecule has 2 heterocycles. The van der Waals surface area contributed by atoms with Crippen LogP contribution in [-0.4, -0.2) is 27.7 Å². The number of sulfonamides is 1. The summed E-state index contributed by atoms with van der Waals surface area (Å²) < 4.78 is 61.2. The van der Waals surface area contributed by atoms with E-state index in [1.54, 1.807) is 30.3 Å². The fourth-order valence-electron chi connectivity index (χ4n) is 4.89. The topological polar surface area (TPSA) is 98.9 Å². The van der Waals surface area contributed by atoms with Gasteiger partial charge in [-0.15, -0.1) is 0 Å². The number of alkyl halides is 2. The third-order valence-electron chi connectivity index (χ3n) is 7.60. The molecule has 45 heavy (non-hydrogen) atoms. The summed E-state index contributed by atoms with van der Waals surface area (Å²) in [5, 5.41) is 4.37. The number of nitrogens with one attached hydrogen (secondary N) is 1. The van der Waals surface area contributed by atoms with Crippen molar-refractivity contribution in [2.24, 2.45) is 7.05 Å². The highest BCUT2D eigenvalue weighted by Gasteiger charge is 2.32. The van der Waals surface area contributed by atoms with Crippen molar-refractivity contribution >= 4 is 15.7 Å². The van der Waals surface area contributed by atoms with E-state index < -0.39 is 22.4 Å². The molecule has 0 aliphatic heterocycles. The Morgan fingerprint density at radius 1 is 0.867 bits per heavy atom. The Balaban J connectivity index is 1.26. The molecule has 5 aromatic rings. The molecule has 11 heteroatoms. The molecule has 0 spiro atoms. The number of hydrogen-bond donors (Lipinski definition) is 1. The number of aromatic nitrogens is 4. The number of pyridine rings is 1. The number of halogens is 2. The number of benzene rings is 3. The zero-order valence-electron chi connectivity index (χ0n) is 25.5. The Morgan fingerprint density at radius 3 is 2.22 bits per heavy atom. The van der Waals surface area contributed by atoms with Gasteiger partial charge in [0, 0.05) is 31.0 Å². The van der Waals surface area contributed by atoms with E-state index in [9.17, 15) is 13.2 Å². The highest BCUT2D eigenvalue weighted by molar-refractivity contribution is 7.92. The molecule has 0 saturated carbocycles. The Labute approximate surface area is 261 Å². The van der Waals surface area contributed by atoms with Crippen molar-refractivity contribution in [2.45, 2.75) is 56.4 Å². The summed E-state index contributed by atoms with van der Waals surface area (Å²) in [6, 6.07) is 24.9. The second kappa shape index (κ2) is 12.4. The van der Waals surface area contributed by atoms with E-state index in [4.69, 9.17) is 0 Å². The smallest absolute Gasteiger partial charge is 0.282 e. The second-order valence-corrected chi connectivity index (χ2v) is 13.7. The van der Waals surface area contributed by atoms with E-state index in [1.807, 2.05) is 24.3 Å². The lowest BCUT2D eigenvalue weighted by molar-refractivity contribution is -0.0136. The van der Waals surface area contributed by atoms with Crippen LogP contribution in [0, 0.1) is 0 Å². The maximum Gasteiger partial charge on any atom is 0.345 e. The van der Waals surface area contributed by atoms with Gasteiger partial charge >= 0.3 is 5.69 Å². The third kappa shape index (κ3) is 7.37. The number of anilines is 1. The van der Waals surface area contributed by atoms with Gasteiger partial charge in [0.25, 0.3) is 15.9 Å². The average Bonchev–Trinajstić information content (AvgIpc) is 3.28. The molecule has 0 radical (unpaired) electrons. The lowest BCUT2D eigenvalue weighted by Crippen LogP contribution is -2.24. The highest BCUT2D eigenvalue weighted by atomic mass is 32.2. The Bertz CT molecular complexity index is 1950. The minimum absolute atomic E-state index is 0.00488. The summed E-state index contributed by atoms with van der Waals surface area (Å²) in [4.78, 5) is 17.2. The van der Waals surface area contributed by atoms with Gasteiger partial charge in [0.2, 0.25) is 0 Å². The number of hydrogen-bond acceptors (Lipinski definition) is 5. The molecule has 0 fully saturated rings. The fraction of sp³-hybridized carbons (Fsp3) is 0.265. The number of nitrogens with zero attached hydrogens (tertiary/aromatic N) is 4. The molecule has 2 aromatic heterocycles. The maximum atomic E-state index is 15.4. The van der Waals surface area contributed by atoms with Crippen LogP contribution in [0.2, 0.25) is 0 Å². The quantitative estimate of drug-likeness (QED) is 0.189. The van der Waals surface area contributed by atoms with Gasteiger partial charge in [-0.3, -0.25) is 14.3 Å². The van der Waals surface area contributed by atoms with Crippen LogP contribution in [-0.2, 0) is 41.4 Å². The van der Waals surface area contributed by atoms with E-state index in [-0.39, 0.29) is 46.0 Å². The molecular formula is C34H35F2N5O3S. The fourth-order valence-corrected chi connectivity index (χ4v) is 5.96. The zero-order valence-corrected chi connectivity index (χ0v) is 26.4. The first-order valence-electron chi connectivity index (χ1n) is 14.5. The Morgan fingerprint density at radius 2 is 1.58 bits per heavy atom. The van der Waals surface area contributed by atoms with Gasteiger partial charge < -0.3 is 0 Å². The molecule has 0 aliphatic rings. The van der Waals surface area contributed by atoms with Gasteiger partial charge in [0.05, 0.1) is 29.0 Å². The Kier molecular flexibility index (Phi) is 8.75. The van der Waals surface area contributed by atoms with Crippen molar-refractivity contribution in [3.8, 4) is 11.3 Å². The summed E-state index contributed by atoms with van der Waals surface area (Å²) in [6.07, 6.45) is 0.693. The van der Waals surface area contributed by atoms with Crippen LogP contribution in [0.3, 0.4) is 0 Å². The monoisotopic (exact) mass is 631 g/mol. The number of rotatable bonds is 10. The van der Waals surface area contributed by atoms with Crippen LogP contribution in [0.4, 0.5) is 14.5 Å². The standard InChI is InChI=1S/C34H35F2N5O3S/c1-33(2,3)26-15-13-24(14-16-26)23-41-32(42)40(4)31(38-41)19-20-34(35,36)27-10-8-9-25(21-27)30-18-17-28(22-37-30)39-45(43,44)29-11-6-5-7-12-29/h5-18,21-22,39H,19-20,23H2,1-4H3. The van der Waals surface area contributed by atoms with Gasteiger partial charge in [-0.05, 0) is 46.9 Å². The van der Waals surface area contributed by atoms with Gasteiger partial charge in [0.1, 0.15) is 5.82 Å². The average molecular weight is 632 g/mol. The molecule has 0 amide bonds. The van der Waals surface area contributed by atoms with Crippen molar-refractivity contribution in [3.63, 3.8) is 0 Å². The van der Waals surface area contributed by atoms with Crippen molar-refractivity contribution in [1.29, 1.82) is 0 Å². The molecule has 8 nitrogen and oxygen atoms in total. The molecular weight excluding hydrogens is 596 g/mol. The maximum absolute atomic E-state index is 15.4. The summed E-state index contributed by atoms with van der Waals surface area (Å²) >= 11 is 0. The molecule has 5 rings (SSSR count). The largest absolute Gasteiger partial charge is 0.345 e. The molecule has 1 N–H and O–H groups in total. The van der Waals surface area contributed by atoms with Crippen molar-refractivity contribution < 1.29 is 17.2 Å². The van der Waals surface area contributed by atoms with E-state index in [0.29, 0.717) is 11.3 Å². The van der Waals surface area contributed by atoms with Crippen molar-refractivity contribution in [3.05, 3.63) is 130 Å². The van der Waals surface area contributed by atoms with Crippen LogP contribution >= 0.6 is 0 Å². The van der Waals surface area contributed by atoms with E-state index >= 15 is 8.78 Å². The summed E-state index contributed by atoms with van der Waals surface area (Å²) in [6.45, 7) is 6.62. The summed E-state index contributed by atoms with van der Waals surface area (Å²) in [5.74, 6) is -2.93. The van der Waals surface area contributed by atoms with Gasteiger partial charge in [-0.2, -0.15) is 5.10 Å². The summed E-state index contributed by atoms with van der Waals surface area (Å²) in [5.41, 5.74) is 2.62. The van der Waals surface area contributed by atoms with Gasteiger partial charge in [-0.1, -0.05) is 81.4 Å². The number of aryl methyl sites for hydroxylation is 1. The molecule has 3 aromatic carbocycles. The first-order valence-corrected chi connectivity index (χ1v) is 16.0. The van der Waals surface area contributed by atoms with Crippen LogP contribution in [0.15, 0.2) is 107 Å². The SMILES string of the molecule is Cn1c(CCC(F)(F)c2cccc(-c3ccc(NS(=O)(=O)c4ccccc4)cn3)c2)nn(Cc2ccc(C(C)(C)C)cc2)c1=O. The van der Waals surface area contributed by atoms with Crippen LogP contribution < -0.4 is 10.4 Å². The van der Waals surface area contributed by atoms with Crippen LogP contribution in [0.5, 0.6) is 0 Å². The minimum atomic E-state index is -3.79. The first kappa shape index (κ1) is 31.8. The van der Waals surface area contributed by atoms with E-state index in [0.717, 1.165) is 5.56 Å². The van der Waals surface area contributed by atoms with Crippen LogP contribution in [0.25, 0.3) is 11.3 Å². The lowest BCUT2D eigenvalue weighted by Gasteiger charge is -2.19. The van der Waals surface area contributed by atoms with Gasteiger partial charge in [-0.25, -0.2) is 26.7 Å². The van der Waals surface area contributed by atoms with Crippen LogP contribution in [0.1, 0.15) is 49.7 Å². The highest BCUT2D eigenvalue weighted by Crippen LogP contribution is 2.35. The predicted octanol–water partition coefficient (Wildman–Crippen LogP) is 6.52. The van der Waals surface area contributed by atoms with E-state index in [2.05, 4.69) is 35.6 Å². The van der Waals surface area contributed by atoms with Crippen molar-refractivity contribution in [1.82, 2.24) is 19.3 Å². The molecule has 0 atom stereocenters. The van der Waals surface area contributed by atoms with Crippen molar-refractivity contribution in [2.75, 3.05) is 4.72 Å². The summed E-state index contributed by atoms with van der Waals surface area (Å²) in [7, 11) is -2.25. The van der Waals surface area contributed by atoms with E-state index in [1.165, 1.54) is 64.5 Å². The minimum Gasteiger partial charge on any atom is -0.282 e. The molecule has 0 saturated heterocycles. The first-order chi connectivity index (χ1) is 21.2. The molecule has 0 bridgehead atoms. The molecule has 234 valence electrons. The third-order valence-corrected chi connectivity index (χ3v) is 8.99. The Hall–Kier alpha value is -4.64. The molecule has 0 unspecified atom stereocenters. The normalized spacial score (nSPS) is 12.3. The van der Waals surface area contributed by atoms with Gasteiger partial charge in [0.15, 0.2) is 0 Å². The zero-order chi connectivity index (χ0) is 32.4. The molecule has 0 aliphatic carbocycles. The lowest BCUT2D eigenvalue weighted by atomic mass is 9.87. The second-order valence-electron chi connectivity index (χ2n) is 12.0. The predicted molar refractivity (Wildman–Crippen MR) is 171 cm³/mol.